The monoisotopic (exact) mass is 256 g/mol. The summed E-state index contributed by atoms with van der Waals surface area (Å²) in [7, 11) is 0. The van der Waals surface area contributed by atoms with E-state index in [0.29, 0.717) is 19.3 Å². The summed E-state index contributed by atoms with van der Waals surface area (Å²) in [5.74, 6) is 0. The standard InChI is InChI=1S/C9H21NO6.H3N/c11-4-1-7-14-10(15-8-2-5-12)16-9-3-6-13;/h11-13H,1-9H2;1H3. The summed E-state index contributed by atoms with van der Waals surface area (Å²) in [6.07, 6.45) is 1.43. The molecule has 0 aliphatic carbocycles. The third kappa shape index (κ3) is 13.6. The molecule has 0 saturated carbocycles. The van der Waals surface area contributed by atoms with Gasteiger partial charge in [-0.15, -0.1) is 0 Å². The summed E-state index contributed by atoms with van der Waals surface area (Å²) in [6, 6.07) is 0. The Hall–Kier alpha value is -0.320. The minimum atomic E-state index is 0. The van der Waals surface area contributed by atoms with E-state index in [2.05, 4.69) is 0 Å². The van der Waals surface area contributed by atoms with Crippen LogP contribution in [-0.2, 0) is 14.5 Å². The second kappa shape index (κ2) is 15.7. The van der Waals surface area contributed by atoms with Crippen LogP contribution in [0.15, 0.2) is 0 Å². The molecule has 0 spiro atoms. The van der Waals surface area contributed by atoms with Crippen LogP contribution in [0.2, 0.25) is 0 Å². The van der Waals surface area contributed by atoms with E-state index in [1.54, 1.807) is 0 Å². The van der Waals surface area contributed by atoms with Crippen molar-refractivity contribution in [3.05, 3.63) is 0 Å². The van der Waals surface area contributed by atoms with Crippen LogP contribution in [0.5, 0.6) is 0 Å². The maximum Gasteiger partial charge on any atom is 0.0766 e. The molecule has 0 saturated heterocycles. The van der Waals surface area contributed by atoms with Gasteiger partial charge in [0.25, 0.3) is 0 Å². The highest BCUT2D eigenvalue weighted by Gasteiger charge is 2.06. The minimum Gasteiger partial charge on any atom is -0.396 e. The van der Waals surface area contributed by atoms with Crippen LogP contribution in [0, 0.1) is 0 Å². The highest BCUT2D eigenvalue weighted by Crippen LogP contribution is 1.98. The van der Waals surface area contributed by atoms with Crippen molar-refractivity contribution in [2.24, 2.45) is 0 Å². The SMILES string of the molecule is N.OCCCON(OCCCO)OCCCO. The van der Waals surface area contributed by atoms with E-state index in [9.17, 15) is 0 Å². The van der Waals surface area contributed by atoms with Gasteiger partial charge in [-0.3, -0.25) is 14.5 Å². The average molecular weight is 256 g/mol. The highest BCUT2D eigenvalue weighted by molar-refractivity contribution is 4.30. The van der Waals surface area contributed by atoms with Gasteiger partial charge in [0.1, 0.15) is 0 Å². The molecule has 0 aromatic carbocycles. The topological polar surface area (TPSA) is 127 Å². The van der Waals surface area contributed by atoms with Crippen molar-refractivity contribution in [2.45, 2.75) is 19.3 Å². The Labute approximate surface area is 101 Å². The van der Waals surface area contributed by atoms with Gasteiger partial charge in [-0.25, -0.2) is 0 Å². The first kappa shape index (κ1) is 19.0. The molecule has 0 aliphatic heterocycles. The fraction of sp³-hybridized carbons (Fsp3) is 1.00. The fourth-order valence-electron chi connectivity index (χ4n) is 0.723. The van der Waals surface area contributed by atoms with Crippen LogP contribution in [0.3, 0.4) is 0 Å². The fourth-order valence-corrected chi connectivity index (χ4v) is 0.723. The normalized spacial score (nSPS) is 10.6. The lowest BCUT2D eigenvalue weighted by Gasteiger charge is -2.19. The lowest BCUT2D eigenvalue weighted by Crippen LogP contribution is -2.27. The van der Waals surface area contributed by atoms with Crippen molar-refractivity contribution in [2.75, 3.05) is 39.6 Å². The molecule has 106 valence electrons. The van der Waals surface area contributed by atoms with E-state index in [4.69, 9.17) is 29.8 Å². The van der Waals surface area contributed by atoms with Gasteiger partial charge >= 0.3 is 0 Å². The molecule has 0 radical (unpaired) electrons. The molecule has 0 aromatic heterocycles. The van der Waals surface area contributed by atoms with Crippen molar-refractivity contribution in [1.82, 2.24) is 11.5 Å². The molecule has 0 bridgehead atoms. The Morgan fingerprint density at radius 1 is 0.647 bits per heavy atom. The molecule has 0 heterocycles. The van der Waals surface area contributed by atoms with E-state index in [0.717, 1.165) is 5.39 Å². The van der Waals surface area contributed by atoms with Crippen molar-refractivity contribution < 1.29 is 29.8 Å². The van der Waals surface area contributed by atoms with E-state index in [1.807, 2.05) is 0 Å². The molecule has 0 rings (SSSR count). The zero-order valence-corrected chi connectivity index (χ0v) is 10.1. The largest absolute Gasteiger partial charge is 0.396 e. The molecule has 6 N–H and O–H groups in total. The first-order chi connectivity index (χ1) is 7.85. The molecule has 8 heteroatoms. The van der Waals surface area contributed by atoms with Gasteiger partial charge in [0.2, 0.25) is 0 Å². The number of rotatable bonds is 12. The van der Waals surface area contributed by atoms with Crippen molar-refractivity contribution >= 4 is 0 Å². The molecule has 8 nitrogen and oxygen atoms in total. The Balaban J connectivity index is 0. The Morgan fingerprint density at radius 3 is 1.18 bits per heavy atom. The van der Waals surface area contributed by atoms with Gasteiger partial charge in [-0.05, 0) is 19.3 Å². The molecule has 0 aliphatic rings. The van der Waals surface area contributed by atoms with E-state index < -0.39 is 0 Å². The van der Waals surface area contributed by atoms with Crippen LogP contribution in [0.4, 0.5) is 0 Å². The smallest absolute Gasteiger partial charge is 0.0766 e. The summed E-state index contributed by atoms with van der Waals surface area (Å²) >= 11 is 0. The zero-order chi connectivity index (χ0) is 12.1. The van der Waals surface area contributed by atoms with E-state index in [-0.39, 0.29) is 45.8 Å². The highest BCUT2D eigenvalue weighted by atomic mass is 17.2. The Kier molecular flexibility index (Phi) is 17.6. The van der Waals surface area contributed by atoms with E-state index in [1.165, 1.54) is 0 Å². The number of hydrogen-bond acceptors (Lipinski definition) is 8. The number of nitrogens with zero attached hydrogens (tertiary/aromatic N) is 1. The van der Waals surface area contributed by atoms with Gasteiger partial charge in [0.15, 0.2) is 0 Å². The molecule has 0 aromatic rings. The molecule has 0 atom stereocenters. The summed E-state index contributed by atoms with van der Waals surface area (Å²) in [5.41, 5.74) is 0. The predicted molar refractivity (Wildman–Crippen MR) is 59.8 cm³/mol. The lowest BCUT2D eigenvalue weighted by atomic mass is 10.5. The van der Waals surface area contributed by atoms with Crippen LogP contribution in [0.25, 0.3) is 0 Å². The maximum atomic E-state index is 8.56. The Bertz CT molecular complexity index is 117. The van der Waals surface area contributed by atoms with Crippen molar-refractivity contribution in [3.8, 4) is 0 Å². The van der Waals surface area contributed by atoms with Gasteiger partial charge in [-0.2, -0.15) is 0 Å². The molecular formula is C9H24N2O6. The number of aliphatic hydroxyl groups is 3. The third-order valence-corrected chi connectivity index (χ3v) is 1.50. The third-order valence-electron chi connectivity index (χ3n) is 1.50. The first-order valence-corrected chi connectivity index (χ1v) is 5.36. The predicted octanol–water partition coefficient (Wildman–Crippen LogP) is -0.608. The van der Waals surface area contributed by atoms with Crippen molar-refractivity contribution in [3.63, 3.8) is 0 Å². The lowest BCUT2D eigenvalue weighted by molar-refractivity contribution is -0.526. The molecule has 17 heavy (non-hydrogen) atoms. The zero-order valence-electron chi connectivity index (χ0n) is 10.1. The summed E-state index contributed by atoms with van der Waals surface area (Å²) < 4.78 is 0. The summed E-state index contributed by atoms with van der Waals surface area (Å²) in [6.45, 7) is 0.904. The molecule has 0 fully saturated rings. The van der Waals surface area contributed by atoms with Crippen LogP contribution in [-0.4, -0.2) is 60.4 Å². The maximum absolute atomic E-state index is 8.56. The number of hydrogen-bond donors (Lipinski definition) is 4. The minimum absolute atomic E-state index is 0. The second-order valence-electron chi connectivity index (χ2n) is 2.95. The van der Waals surface area contributed by atoms with Crippen LogP contribution >= 0.6 is 0 Å². The molecular weight excluding hydrogens is 232 g/mol. The first-order valence-electron chi connectivity index (χ1n) is 5.36. The second-order valence-corrected chi connectivity index (χ2v) is 2.95. The summed E-state index contributed by atoms with van der Waals surface area (Å²) in [5, 5.41) is 26.5. The number of aliphatic hydroxyl groups excluding tert-OH is 3. The van der Waals surface area contributed by atoms with E-state index >= 15 is 0 Å². The average Bonchev–Trinajstić information content (AvgIpc) is 2.29. The van der Waals surface area contributed by atoms with Gasteiger partial charge in [0, 0.05) is 19.8 Å². The molecule has 0 amide bonds. The van der Waals surface area contributed by atoms with Gasteiger partial charge in [-0.1, -0.05) is 0 Å². The Morgan fingerprint density at radius 2 is 0.941 bits per heavy atom. The van der Waals surface area contributed by atoms with Gasteiger partial charge in [0.05, 0.1) is 25.2 Å². The van der Waals surface area contributed by atoms with Crippen LogP contribution < -0.4 is 6.15 Å². The van der Waals surface area contributed by atoms with Gasteiger partial charge < -0.3 is 21.5 Å². The quantitative estimate of drug-likeness (QED) is 0.269. The summed E-state index contributed by atoms with van der Waals surface area (Å²) in [4.78, 5) is 15.1. The van der Waals surface area contributed by atoms with Crippen molar-refractivity contribution in [1.29, 1.82) is 0 Å². The molecule has 0 unspecified atom stereocenters. The van der Waals surface area contributed by atoms with Crippen LogP contribution in [0.1, 0.15) is 19.3 Å².